The Morgan fingerprint density at radius 2 is 1.92 bits per heavy atom. The molecular formula is C17H22N2O5. The summed E-state index contributed by atoms with van der Waals surface area (Å²) in [4.78, 5) is 33.9. The second-order valence-corrected chi connectivity index (χ2v) is 6.32. The Morgan fingerprint density at radius 3 is 2.54 bits per heavy atom. The number of nitro benzene ring substituents is 1. The SMILES string of the molecule is C[C@H]1[C@@H](NC(=O)COC(=O)c2ccc([N+](=O)[O-])cc2)CCC[C@@H]1C. The zero-order chi connectivity index (χ0) is 17.7. The molecule has 1 saturated carbocycles. The third kappa shape index (κ3) is 4.53. The molecule has 130 valence electrons. The van der Waals surface area contributed by atoms with Crippen molar-refractivity contribution < 1.29 is 19.2 Å². The van der Waals surface area contributed by atoms with Gasteiger partial charge in [0.2, 0.25) is 0 Å². The topological polar surface area (TPSA) is 98.5 Å². The van der Waals surface area contributed by atoms with Crippen molar-refractivity contribution in [3.05, 3.63) is 39.9 Å². The number of non-ortho nitro benzene ring substituents is 1. The van der Waals surface area contributed by atoms with E-state index in [-0.39, 0.29) is 29.8 Å². The summed E-state index contributed by atoms with van der Waals surface area (Å²) in [5.41, 5.74) is 0.0674. The zero-order valence-electron chi connectivity index (χ0n) is 13.9. The van der Waals surface area contributed by atoms with Crippen molar-refractivity contribution in [2.45, 2.75) is 39.2 Å². The molecule has 0 aromatic heterocycles. The first-order valence-corrected chi connectivity index (χ1v) is 8.09. The molecule has 0 radical (unpaired) electrons. The van der Waals surface area contributed by atoms with Gasteiger partial charge >= 0.3 is 5.97 Å². The summed E-state index contributed by atoms with van der Waals surface area (Å²) < 4.78 is 4.97. The van der Waals surface area contributed by atoms with Crippen molar-refractivity contribution in [3.63, 3.8) is 0 Å². The number of ether oxygens (including phenoxy) is 1. The summed E-state index contributed by atoms with van der Waals surface area (Å²) in [6, 6.07) is 5.18. The lowest BCUT2D eigenvalue weighted by molar-refractivity contribution is -0.384. The van der Waals surface area contributed by atoms with Crippen LogP contribution in [0.1, 0.15) is 43.5 Å². The highest BCUT2D eigenvalue weighted by Gasteiger charge is 2.28. The van der Waals surface area contributed by atoms with Gasteiger partial charge in [-0.15, -0.1) is 0 Å². The molecule has 24 heavy (non-hydrogen) atoms. The lowest BCUT2D eigenvalue weighted by Crippen LogP contribution is -2.45. The summed E-state index contributed by atoms with van der Waals surface area (Å²) in [5, 5.41) is 13.5. The molecule has 2 rings (SSSR count). The van der Waals surface area contributed by atoms with E-state index in [9.17, 15) is 19.7 Å². The molecule has 1 aromatic carbocycles. The Kier molecular flexibility index (Phi) is 5.89. The first kappa shape index (κ1) is 17.9. The summed E-state index contributed by atoms with van der Waals surface area (Å²) in [5.74, 6) is -0.0406. The highest BCUT2D eigenvalue weighted by atomic mass is 16.6. The van der Waals surface area contributed by atoms with Gasteiger partial charge in [-0.2, -0.15) is 0 Å². The van der Waals surface area contributed by atoms with Gasteiger partial charge in [0.1, 0.15) is 0 Å². The molecule has 7 heteroatoms. The van der Waals surface area contributed by atoms with Gasteiger partial charge in [-0.05, 0) is 30.4 Å². The third-order valence-corrected chi connectivity index (χ3v) is 4.70. The number of nitrogens with one attached hydrogen (secondary N) is 1. The van der Waals surface area contributed by atoms with Crippen LogP contribution in [0.4, 0.5) is 5.69 Å². The standard InChI is InChI=1S/C17H22N2O5/c1-11-4-3-5-15(12(11)2)18-16(20)10-24-17(21)13-6-8-14(9-7-13)19(22)23/h6-9,11-12,15H,3-5,10H2,1-2H3,(H,18,20)/t11-,12+,15-/m0/s1. The fourth-order valence-electron chi connectivity index (χ4n) is 2.97. The van der Waals surface area contributed by atoms with Crippen LogP contribution in [0.25, 0.3) is 0 Å². The van der Waals surface area contributed by atoms with Crippen LogP contribution in [0.15, 0.2) is 24.3 Å². The molecule has 1 aliphatic rings. The largest absolute Gasteiger partial charge is 0.452 e. The van der Waals surface area contributed by atoms with Gasteiger partial charge in [-0.1, -0.05) is 26.7 Å². The van der Waals surface area contributed by atoms with Gasteiger partial charge in [-0.3, -0.25) is 14.9 Å². The fourth-order valence-corrected chi connectivity index (χ4v) is 2.97. The minimum atomic E-state index is -0.676. The molecule has 1 amide bonds. The molecule has 0 spiro atoms. The number of nitro groups is 1. The van der Waals surface area contributed by atoms with Crippen molar-refractivity contribution >= 4 is 17.6 Å². The van der Waals surface area contributed by atoms with Gasteiger partial charge in [0, 0.05) is 18.2 Å². The number of rotatable bonds is 5. The number of esters is 1. The molecule has 0 aliphatic heterocycles. The average Bonchev–Trinajstić information content (AvgIpc) is 2.57. The zero-order valence-corrected chi connectivity index (χ0v) is 13.9. The second kappa shape index (κ2) is 7.90. The van der Waals surface area contributed by atoms with Crippen LogP contribution in [0.2, 0.25) is 0 Å². The van der Waals surface area contributed by atoms with Crippen LogP contribution in [0.3, 0.4) is 0 Å². The Morgan fingerprint density at radius 1 is 1.25 bits per heavy atom. The van der Waals surface area contributed by atoms with E-state index in [1.165, 1.54) is 30.7 Å². The lowest BCUT2D eigenvalue weighted by Gasteiger charge is -2.34. The van der Waals surface area contributed by atoms with E-state index in [4.69, 9.17) is 4.74 Å². The maximum absolute atomic E-state index is 12.0. The molecule has 1 aromatic rings. The quantitative estimate of drug-likeness (QED) is 0.507. The maximum atomic E-state index is 12.0. The van der Waals surface area contributed by atoms with Crippen LogP contribution in [0.5, 0.6) is 0 Å². The number of hydrogen-bond donors (Lipinski definition) is 1. The monoisotopic (exact) mass is 334 g/mol. The fraction of sp³-hybridized carbons (Fsp3) is 0.529. The van der Waals surface area contributed by atoms with Crippen molar-refractivity contribution in [2.24, 2.45) is 11.8 Å². The predicted octanol–water partition coefficient (Wildman–Crippen LogP) is 2.69. The molecule has 7 nitrogen and oxygen atoms in total. The Labute approximate surface area is 140 Å². The predicted molar refractivity (Wildman–Crippen MR) is 87.5 cm³/mol. The van der Waals surface area contributed by atoms with E-state index in [1.54, 1.807) is 0 Å². The molecule has 0 heterocycles. The van der Waals surface area contributed by atoms with E-state index in [2.05, 4.69) is 19.2 Å². The Hall–Kier alpha value is -2.44. The van der Waals surface area contributed by atoms with Crippen LogP contribution >= 0.6 is 0 Å². The van der Waals surface area contributed by atoms with Crippen molar-refractivity contribution in [1.82, 2.24) is 5.32 Å². The van der Waals surface area contributed by atoms with Crippen molar-refractivity contribution in [1.29, 1.82) is 0 Å². The molecule has 1 aliphatic carbocycles. The van der Waals surface area contributed by atoms with Crippen molar-refractivity contribution in [3.8, 4) is 0 Å². The van der Waals surface area contributed by atoms with Gasteiger partial charge in [0.05, 0.1) is 10.5 Å². The summed E-state index contributed by atoms with van der Waals surface area (Å²) in [7, 11) is 0. The third-order valence-electron chi connectivity index (χ3n) is 4.70. The number of carbonyl (C=O) groups excluding carboxylic acids is 2. The number of hydrogen-bond acceptors (Lipinski definition) is 5. The van der Waals surface area contributed by atoms with Crippen molar-refractivity contribution in [2.75, 3.05) is 6.61 Å². The molecular weight excluding hydrogens is 312 g/mol. The summed E-state index contributed by atoms with van der Waals surface area (Å²) in [6.07, 6.45) is 3.19. The summed E-state index contributed by atoms with van der Waals surface area (Å²) >= 11 is 0. The molecule has 1 fully saturated rings. The van der Waals surface area contributed by atoms with E-state index in [0.29, 0.717) is 11.8 Å². The van der Waals surface area contributed by atoms with E-state index in [0.717, 1.165) is 12.8 Å². The van der Waals surface area contributed by atoms with Crippen LogP contribution in [-0.2, 0) is 9.53 Å². The second-order valence-electron chi connectivity index (χ2n) is 6.32. The Balaban J connectivity index is 1.82. The molecule has 0 bridgehead atoms. The molecule has 1 N–H and O–H groups in total. The number of amides is 1. The lowest BCUT2D eigenvalue weighted by atomic mass is 9.78. The van der Waals surface area contributed by atoms with Gasteiger partial charge in [-0.25, -0.2) is 4.79 Å². The number of benzene rings is 1. The van der Waals surface area contributed by atoms with Gasteiger partial charge < -0.3 is 10.1 Å². The summed E-state index contributed by atoms with van der Waals surface area (Å²) in [6.45, 7) is 3.95. The molecule has 3 atom stereocenters. The minimum absolute atomic E-state index is 0.107. The first-order chi connectivity index (χ1) is 11.4. The smallest absolute Gasteiger partial charge is 0.338 e. The number of nitrogens with zero attached hydrogens (tertiary/aromatic N) is 1. The van der Waals surface area contributed by atoms with E-state index >= 15 is 0 Å². The van der Waals surface area contributed by atoms with E-state index < -0.39 is 10.9 Å². The highest BCUT2D eigenvalue weighted by Crippen LogP contribution is 2.29. The van der Waals surface area contributed by atoms with Gasteiger partial charge in [0.15, 0.2) is 6.61 Å². The first-order valence-electron chi connectivity index (χ1n) is 8.09. The van der Waals surface area contributed by atoms with Crippen LogP contribution in [0, 0.1) is 22.0 Å². The number of carbonyl (C=O) groups is 2. The average molecular weight is 334 g/mol. The minimum Gasteiger partial charge on any atom is -0.452 e. The van der Waals surface area contributed by atoms with E-state index in [1.807, 2.05) is 0 Å². The normalized spacial score (nSPS) is 23.3. The molecule has 0 saturated heterocycles. The molecule has 0 unspecified atom stereocenters. The maximum Gasteiger partial charge on any atom is 0.338 e. The van der Waals surface area contributed by atoms with Gasteiger partial charge in [0.25, 0.3) is 11.6 Å². The Bertz CT molecular complexity index is 614. The van der Waals surface area contributed by atoms with Crippen LogP contribution in [-0.4, -0.2) is 29.4 Å². The highest BCUT2D eigenvalue weighted by molar-refractivity contribution is 5.91. The van der Waals surface area contributed by atoms with Crippen LogP contribution < -0.4 is 5.32 Å².